The Morgan fingerprint density at radius 3 is 2.80 bits per heavy atom. The van der Waals surface area contributed by atoms with E-state index in [1.165, 1.54) is 0 Å². The summed E-state index contributed by atoms with van der Waals surface area (Å²) in [5.74, 6) is 0. The van der Waals surface area contributed by atoms with Crippen LogP contribution in [-0.2, 0) is 17.7 Å². The summed E-state index contributed by atoms with van der Waals surface area (Å²) in [7, 11) is 0. The van der Waals surface area contributed by atoms with E-state index in [4.69, 9.17) is 10.5 Å². The zero-order valence-electron chi connectivity index (χ0n) is 9.49. The number of aromatic nitrogens is 2. The third-order valence-corrected chi connectivity index (χ3v) is 2.29. The third-order valence-electron chi connectivity index (χ3n) is 2.29. The van der Waals surface area contributed by atoms with E-state index in [0.29, 0.717) is 6.61 Å². The predicted octanol–water partition coefficient (Wildman–Crippen LogP) is 1.71. The summed E-state index contributed by atoms with van der Waals surface area (Å²) in [5.41, 5.74) is 8.50. The number of nitrogen functional groups attached to an aromatic ring is 1. The number of hydrogen-bond acceptors (Lipinski definition) is 3. The predicted molar refractivity (Wildman–Crippen MR) is 62.6 cm³/mol. The van der Waals surface area contributed by atoms with Crippen molar-refractivity contribution in [3.8, 4) is 0 Å². The lowest BCUT2D eigenvalue weighted by molar-refractivity contribution is 0.136. The molecule has 0 fully saturated rings. The second-order valence-electron chi connectivity index (χ2n) is 3.22. The van der Waals surface area contributed by atoms with Gasteiger partial charge in [0, 0.05) is 6.61 Å². The summed E-state index contributed by atoms with van der Waals surface area (Å²) in [6, 6.07) is 0. The van der Waals surface area contributed by atoms with Gasteiger partial charge in [0.15, 0.2) is 0 Å². The highest BCUT2D eigenvalue weighted by Gasteiger charge is 2.10. The van der Waals surface area contributed by atoms with Gasteiger partial charge in [0.2, 0.25) is 0 Å². The SMILES string of the molecule is C=Cc1c(N)c(CC)nn1CCOCC. The van der Waals surface area contributed by atoms with E-state index in [9.17, 15) is 0 Å². The summed E-state index contributed by atoms with van der Waals surface area (Å²) in [5, 5.41) is 4.41. The van der Waals surface area contributed by atoms with Crippen molar-refractivity contribution in [3.05, 3.63) is 18.0 Å². The van der Waals surface area contributed by atoms with Crippen molar-refractivity contribution in [2.75, 3.05) is 18.9 Å². The lowest BCUT2D eigenvalue weighted by Crippen LogP contribution is -2.09. The maximum Gasteiger partial charge on any atom is 0.0857 e. The van der Waals surface area contributed by atoms with Gasteiger partial charge in [-0.15, -0.1) is 0 Å². The molecule has 15 heavy (non-hydrogen) atoms. The van der Waals surface area contributed by atoms with Crippen molar-refractivity contribution in [2.45, 2.75) is 26.8 Å². The Labute approximate surface area is 90.7 Å². The van der Waals surface area contributed by atoms with Gasteiger partial charge in [-0.3, -0.25) is 4.68 Å². The Morgan fingerprint density at radius 2 is 2.27 bits per heavy atom. The van der Waals surface area contributed by atoms with Crippen molar-refractivity contribution >= 4 is 11.8 Å². The molecule has 0 aliphatic heterocycles. The van der Waals surface area contributed by atoms with Crippen LogP contribution in [0.3, 0.4) is 0 Å². The van der Waals surface area contributed by atoms with Crippen LogP contribution in [0.1, 0.15) is 25.2 Å². The average Bonchev–Trinajstić information content (AvgIpc) is 2.55. The fourth-order valence-electron chi connectivity index (χ4n) is 1.48. The minimum atomic E-state index is 0.654. The molecule has 4 heteroatoms. The molecule has 0 aromatic carbocycles. The van der Waals surface area contributed by atoms with Gasteiger partial charge in [0.1, 0.15) is 0 Å². The minimum absolute atomic E-state index is 0.654. The van der Waals surface area contributed by atoms with Gasteiger partial charge < -0.3 is 10.5 Å². The van der Waals surface area contributed by atoms with E-state index in [2.05, 4.69) is 11.7 Å². The van der Waals surface area contributed by atoms with Crippen molar-refractivity contribution in [2.24, 2.45) is 0 Å². The van der Waals surface area contributed by atoms with Gasteiger partial charge in [-0.1, -0.05) is 13.5 Å². The molecule has 0 aliphatic rings. The first-order valence-electron chi connectivity index (χ1n) is 5.29. The molecular weight excluding hydrogens is 190 g/mol. The number of aryl methyl sites for hydroxylation is 1. The van der Waals surface area contributed by atoms with Crippen molar-refractivity contribution in [1.29, 1.82) is 0 Å². The molecule has 0 atom stereocenters. The zero-order valence-corrected chi connectivity index (χ0v) is 9.49. The number of nitrogens with two attached hydrogens (primary N) is 1. The number of nitrogens with zero attached hydrogens (tertiary/aromatic N) is 2. The van der Waals surface area contributed by atoms with Crippen LogP contribution >= 0.6 is 0 Å². The first-order valence-corrected chi connectivity index (χ1v) is 5.29. The van der Waals surface area contributed by atoms with Crippen LogP contribution in [0.2, 0.25) is 0 Å². The quantitative estimate of drug-likeness (QED) is 0.726. The molecular formula is C11H19N3O. The summed E-state index contributed by atoms with van der Waals surface area (Å²) in [4.78, 5) is 0. The molecule has 4 nitrogen and oxygen atoms in total. The van der Waals surface area contributed by atoms with Gasteiger partial charge in [-0.25, -0.2) is 0 Å². The van der Waals surface area contributed by atoms with Gasteiger partial charge in [-0.05, 0) is 19.4 Å². The first kappa shape index (κ1) is 11.8. The molecule has 0 unspecified atom stereocenters. The van der Waals surface area contributed by atoms with E-state index >= 15 is 0 Å². The van der Waals surface area contributed by atoms with Crippen LogP contribution in [-0.4, -0.2) is 23.0 Å². The fraction of sp³-hybridized carbons (Fsp3) is 0.545. The van der Waals surface area contributed by atoms with Crippen LogP contribution in [0.15, 0.2) is 6.58 Å². The summed E-state index contributed by atoms with van der Waals surface area (Å²) in [6.07, 6.45) is 2.59. The lowest BCUT2D eigenvalue weighted by Gasteiger charge is -2.04. The topological polar surface area (TPSA) is 53.1 Å². The third kappa shape index (κ3) is 2.59. The number of anilines is 1. The van der Waals surface area contributed by atoms with Crippen LogP contribution in [0.25, 0.3) is 6.08 Å². The molecule has 0 amide bonds. The van der Waals surface area contributed by atoms with E-state index in [1.54, 1.807) is 6.08 Å². The normalized spacial score (nSPS) is 10.5. The van der Waals surface area contributed by atoms with Crippen molar-refractivity contribution in [3.63, 3.8) is 0 Å². The van der Waals surface area contributed by atoms with Crippen molar-refractivity contribution < 1.29 is 4.74 Å². The largest absolute Gasteiger partial charge is 0.395 e. The van der Waals surface area contributed by atoms with Crippen LogP contribution in [0.5, 0.6) is 0 Å². The first-order chi connectivity index (χ1) is 7.24. The van der Waals surface area contributed by atoms with E-state index < -0.39 is 0 Å². The molecule has 0 saturated carbocycles. The Hall–Kier alpha value is -1.29. The highest BCUT2D eigenvalue weighted by Crippen LogP contribution is 2.18. The highest BCUT2D eigenvalue weighted by molar-refractivity contribution is 5.62. The molecule has 2 N–H and O–H groups in total. The minimum Gasteiger partial charge on any atom is -0.395 e. The van der Waals surface area contributed by atoms with Gasteiger partial charge in [0.05, 0.1) is 30.2 Å². The molecule has 84 valence electrons. The molecule has 1 aromatic heterocycles. The fourth-order valence-corrected chi connectivity index (χ4v) is 1.48. The molecule has 0 aliphatic carbocycles. The summed E-state index contributed by atoms with van der Waals surface area (Å²) >= 11 is 0. The van der Waals surface area contributed by atoms with E-state index in [0.717, 1.165) is 36.6 Å². The Morgan fingerprint density at radius 1 is 1.53 bits per heavy atom. The molecule has 0 saturated heterocycles. The smallest absolute Gasteiger partial charge is 0.0857 e. The molecule has 1 heterocycles. The molecule has 0 spiro atoms. The second-order valence-corrected chi connectivity index (χ2v) is 3.22. The Kier molecular flexibility index (Phi) is 4.37. The summed E-state index contributed by atoms with van der Waals surface area (Å²) < 4.78 is 7.14. The van der Waals surface area contributed by atoms with E-state index in [-0.39, 0.29) is 0 Å². The van der Waals surface area contributed by atoms with Gasteiger partial charge >= 0.3 is 0 Å². The van der Waals surface area contributed by atoms with Crippen LogP contribution in [0.4, 0.5) is 5.69 Å². The van der Waals surface area contributed by atoms with Crippen molar-refractivity contribution in [1.82, 2.24) is 9.78 Å². The monoisotopic (exact) mass is 209 g/mol. The maximum atomic E-state index is 5.93. The molecule has 0 radical (unpaired) electrons. The second kappa shape index (κ2) is 5.56. The maximum absolute atomic E-state index is 5.93. The lowest BCUT2D eigenvalue weighted by atomic mass is 10.2. The number of ether oxygens (including phenoxy) is 1. The summed E-state index contributed by atoms with van der Waals surface area (Å²) in [6.45, 7) is 9.86. The molecule has 0 bridgehead atoms. The van der Waals surface area contributed by atoms with Gasteiger partial charge in [0.25, 0.3) is 0 Å². The molecule has 1 rings (SSSR count). The van der Waals surface area contributed by atoms with Gasteiger partial charge in [-0.2, -0.15) is 5.10 Å². The number of rotatable bonds is 6. The van der Waals surface area contributed by atoms with E-state index in [1.807, 2.05) is 18.5 Å². The van der Waals surface area contributed by atoms with Crippen LogP contribution in [0, 0.1) is 0 Å². The Bertz CT molecular complexity index is 331. The van der Waals surface area contributed by atoms with Crippen LogP contribution < -0.4 is 5.73 Å². The highest BCUT2D eigenvalue weighted by atomic mass is 16.5. The average molecular weight is 209 g/mol. The Balaban J connectivity index is 2.81. The zero-order chi connectivity index (χ0) is 11.3. The molecule has 1 aromatic rings. The standard InChI is InChI=1S/C11H19N3O/c1-4-9-11(12)10(5-2)14(13-9)7-8-15-6-3/h5H,2,4,6-8,12H2,1,3H3. The number of hydrogen-bond donors (Lipinski definition) is 1.